The number of hydrogen-bond acceptors (Lipinski definition) is 3. The van der Waals surface area contributed by atoms with Crippen molar-refractivity contribution in [2.24, 2.45) is 0 Å². The van der Waals surface area contributed by atoms with Crippen LogP contribution in [0.25, 0.3) is 10.9 Å². The molecule has 1 N–H and O–H groups in total. The third kappa shape index (κ3) is 3.23. The molecule has 0 bridgehead atoms. The van der Waals surface area contributed by atoms with E-state index in [-0.39, 0.29) is 12.5 Å². The summed E-state index contributed by atoms with van der Waals surface area (Å²) >= 11 is 0. The number of hydrogen-bond donors (Lipinski definition) is 1. The Morgan fingerprint density at radius 3 is 2.68 bits per heavy atom. The molecule has 0 atom stereocenters. The number of anilines is 1. The second kappa shape index (κ2) is 6.26. The van der Waals surface area contributed by atoms with Crippen LogP contribution in [0.15, 0.2) is 60.8 Å². The molecule has 0 aliphatic heterocycles. The molecule has 3 rings (SSSR count). The smallest absolute Gasteiger partial charge is 0.262 e. The fraction of sp³-hybridized carbons (Fsp3) is 0.111. The number of nitrogens with one attached hydrogen (secondary N) is 1. The van der Waals surface area contributed by atoms with Crippen LogP contribution < -0.4 is 10.1 Å². The molecule has 3 aromatic rings. The number of ether oxygens (including phenoxy) is 1. The largest absolute Gasteiger partial charge is 0.481 e. The van der Waals surface area contributed by atoms with Crippen LogP contribution in [-0.2, 0) is 4.79 Å². The summed E-state index contributed by atoms with van der Waals surface area (Å²) in [6.07, 6.45) is 1.71. The van der Waals surface area contributed by atoms with Crippen molar-refractivity contribution < 1.29 is 9.53 Å². The van der Waals surface area contributed by atoms with Crippen molar-refractivity contribution in [3.05, 3.63) is 66.4 Å². The van der Waals surface area contributed by atoms with E-state index in [0.29, 0.717) is 5.75 Å². The maximum Gasteiger partial charge on any atom is 0.262 e. The first-order valence-electron chi connectivity index (χ1n) is 7.05. The van der Waals surface area contributed by atoms with Crippen LogP contribution in [-0.4, -0.2) is 17.5 Å². The molecule has 0 aliphatic rings. The maximum absolute atomic E-state index is 12.0. The van der Waals surface area contributed by atoms with Crippen molar-refractivity contribution in [3.8, 4) is 5.75 Å². The number of amides is 1. The van der Waals surface area contributed by atoms with Crippen molar-refractivity contribution in [2.45, 2.75) is 6.92 Å². The fourth-order valence-electron chi connectivity index (χ4n) is 2.17. The highest BCUT2D eigenvalue weighted by Gasteiger charge is 2.07. The Balaban J connectivity index is 1.66. The van der Waals surface area contributed by atoms with Crippen LogP contribution >= 0.6 is 0 Å². The van der Waals surface area contributed by atoms with Gasteiger partial charge >= 0.3 is 0 Å². The van der Waals surface area contributed by atoms with E-state index in [4.69, 9.17) is 4.74 Å². The Morgan fingerprint density at radius 1 is 1.09 bits per heavy atom. The highest BCUT2D eigenvalue weighted by Crippen LogP contribution is 2.22. The van der Waals surface area contributed by atoms with Crippen molar-refractivity contribution in [3.63, 3.8) is 0 Å². The zero-order valence-corrected chi connectivity index (χ0v) is 12.2. The monoisotopic (exact) mass is 292 g/mol. The predicted octanol–water partition coefficient (Wildman–Crippen LogP) is 3.56. The van der Waals surface area contributed by atoms with Crippen LogP contribution in [0.5, 0.6) is 5.75 Å². The number of aromatic nitrogens is 1. The Kier molecular flexibility index (Phi) is 4.01. The summed E-state index contributed by atoms with van der Waals surface area (Å²) < 4.78 is 5.60. The lowest BCUT2D eigenvalue weighted by molar-refractivity contribution is -0.118. The van der Waals surface area contributed by atoms with Crippen LogP contribution in [0.3, 0.4) is 0 Å². The minimum atomic E-state index is -0.197. The lowest BCUT2D eigenvalue weighted by Crippen LogP contribution is -2.20. The third-order valence-electron chi connectivity index (χ3n) is 3.29. The van der Waals surface area contributed by atoms with E-state index in [1.54, 1.807) is 6.20 Å². The predicted molar refractivity (Wildman–Crippen MR) is 87.0 cm³/mol. The lowest BCUT2D eigenvalue weighted by atomic mass is 10.2. The second-order valence-electron chi connectivity index (χ2n) is 5.03. The van der Waals surface area contributed by atoms with Crippen LogP contribution in [0.1, 0.15) is 5.56 Å². The van der Waals surface area contributed by atoms with E-state index in [1.807, 2.05) is 61.5 Å². The molecule has 0 spiro atoms. The van der Waals surface area contributed by atoms with Gasteiger partial charge in [-0.15, -0.1) is 0 Å². The van der Waals surface area contributed by atoms with Gasteiger partial charge in [-0.2, -0.15) is 0 Å². The Labute approximate surface area is 128 Å². The molecule has 0 fully saturated rings. The van der Waals surface area contributed by atoms with Gasteiger partial charge in [-0.1, -0.05) is 35.9 Å². The topological polar surface area (TPSA) is 51.2 Å². The molecule has 0 saturated heterocycles. The molecular weight excluding hydrogens is 276 g/mol. The Morgan fingerprint density at radius 2 is 1.86 bits per heavy atom. The summed E-state index contributed by atoms with van der Waals surface area (Å²) in [6.45, 7) is 1.95. The van der Waals surface area contributed by atoms with E-state index < -0.39 is 0 Å². The normalized spacial score (nSPS) is 10.4. The van der Waals surface area contributed by atoms with Gasteiger partial charge in [0, 0.05) is 17.3 Å². The highest BCUT2D eigenvalue weighted by molar-refractivity contribution is 5.92. The number of carbonyl (C=O) groups excluding carboxylic acids is 1. The number of fused-ring (bicyclic) bond motifs is 1. The first kappa shape index (κ1) is 14.1. The summed E-state index contributed by atoms with van der Waals surface area (Å²) in [7, 11) is 0. The number of aryl methyl sites for hydroxylation is 1. The first-order valence-corrected chi connectivity index (χ1v) is 7.05. The van der Waals surface area contributed by atoms with Gasteiger partial charge in [0.25, 0.3) is 5.91 Å². The van der Waals surface area contributed by atoms with Crippen LogP contribution in [0.2, 0.25) is 0 Å². The first-order chi connectivity index (χ1) is 10.7. The number of nitrogens with zero attached hydrogens (tertiary/aromatic N) is 1. The fourth-order valence-corrected chi connectivity index (χ4v) is 2.17. The molecule has 0 saturated carbocycles. The number of para-hydroxylation sites is 1. The van der Waals surface area contributed by atoms with Crippen molar-refractivity contribution in [1.82, 2.24) is 4.98 Å². The summed E-state index contributed by atoms with van der Waals surface area (Å²) in [5.74, 6) is 0.411. The van der Waals surface area contributed by atoms with Gasteiger partial charge in [0.1, 0.15) is 11.3 Å². The summed E-state index contributed by atoms with van der Waals surface area (Å²) in [5.41, 5.74) is 2.67. The minimum Gasteiger partial charge on any atom is -0.481 e. The number of rotatable bonds is 4. The van der Waals surface area contributed by atoms with Crippen LogP contribution in [0.4, 0.5) is 5.69 Å². The molecule has 22 heavy (non-hydrogen) atoms. The minimum absolute atomic E-state index is 0.0520. The SMILES string of the molecule is Cc1ccc(NC(=O)COc2cccc3cccnc23)cc1. The number of pyridine rings is 1. The van der Waals surface area contributed by atoms with E-state index in [1.165, 1.54) is 0 Å². The van der Waals surface area contributed by atoms with Gasteiger partial charge in [0.05, 0.1) is 0 Å². The van der Waals surface area contributed by atoms with Gasteiger partial charge in [-0.3, -0.25) is 9.78 Å². The molecule has 4 heteroatoms. The lowest BCUT2D eigenvalue weighted by Gasteiger charge is -2.09. The maximum atomic E-state index is 12.0. The second-order valence-corrected chi connectivity index (χ2v) is 5.03. The molecule has 0 radical (unpaired) electrons. The van der Waals surface area contributed by atoms with Crippen molar-refractivity contribution in [1.29, 1.82) is 0 Å². The average Bonchev–Trinajstić information content (AvgIpc) is 2.55. The van der Waals surface area contributed by atoms with E-state index in [2.05, 4.69) is 10.3 Å². The Bertz CT molecular complexity index is 792. The molecule has 4 nitrogen and oxygen atoms in total. The molecule has 2 aromatic carbocycles. The van der Waals surface area contributed by atoms with Gasteiger partial charge in [0.15, 0.2) is 6.61 Å². The molecule has 1 heterocycles. The Hall–Kier alpha value is -2.88. The summed E-state index contributed by atoms with van der Waals surface area (Å²) in [5, 5.41) is 3.79. The molecule has 0 aliphatic carbocycles. The summed E-state index contributed by atoms with van der Waals surface area (Å²) in [6, 6.07) is 17.1. The number of carbonyl (C=O) groups is 1. The molecule has 0 unspecified atom stereocenters. The van der Waals surface area contributed by atoms with Crippen molar-refractivity contribution in [2.75, 3.05) is 11.9 Å². The van der Waals surface area contributed by atoms with E-state index in [9.17, 15) is 4.79 Å². The molecule has 1 amide bonds. The zero-order valence-electron chi connectivity index (χ0n) is 12.2. The summed E-state index contributed by atoms with van der Waals surface area (Å²) in [4.78, 5) is 16.2. The quantitative estimate of drug-likeness (QED) is 0.800. The van der Waals surface area contributed by atoms with E-state index >= 15 is 0 Å². The zero-order chi connectivity index (χ0) is 15.4. The van der Waals surface area contributed by atoms with Gasteiger partial charge < -0.3 is 10.1 Å². The number of benzene rings is 2. The molecule has 110 valence electrons. The molecular formula is C18H16N2O2. The van der Waals surface area contributed by atoms with Crippen molar-refractivity contribution >= 4 is 22.5 Å². The van der Waals surface area contributed by atoms with Gasteiger partial charge in [-0.05, 0) is 31.2 Å². The standard InChI is InChI=1S/C18H16N2O2/c1-13-7-9-15(10-8-13)20-17(21)12-22-16-6-2-4-14-5-3-11-19-18(14)16/h2-11H,12H2,1H3,(H,20,21). The molecule has 1 aromatic heterocycles. The average molecular weight is 292 g/mol. The van der Waals surface area contributed by atoms with E-state index in [0.717, 1.165) is 22.2 Å². The van der Waals surface area contributed by atoms with Gasteiger partial charge in [-0.25, -0.2) is 0 Å². The van der Waals surface area contributed by atoms with Gasteiger partial charge in [0.2, 0.25) is 0 Å². The highest BCUT2D eigenvalue weighted by atomic mass is 16.5. The van der Waals surface area contributed by atoms with Crippen LogP contribution in [0, 0.1) is 6.92 Å². The third-order valence-corrected chi connectivity index (χ3v) is 3.29.